The lowest BCUT2D eigenvalue weighted by atomic mass is 10.1. The van der Waals surface area contributed by atoms with Crippen LogP contribution in [0.3, 0.4) is 0 Å². The highest BCUT2D eigenvalue weighted by molar-refractivity contribution is 6.32. The number of fused-ring (bicyclic) bond motifs is 1. The fraction of sp³-hybridized carbons (Fsp3) is 0.211. The van der Waals surface area contributed by atoms with Crippen molar-refractivity contribution in [2.75, 3.05) is 0 Å². The van der Waals surface area contributed by atoms with E-state index in [0.29, 0.717) is 22.2 Å². The zero-order chi connectivity index (χ0) is 17.3. The molecule has 0 aliphatic rings. The lowest BCUT2D eigenvalue weighted by Gasteiger charge is -2.15. The molecule has 0 saturated heterocycles. The average molecular weight is 362 g/mol. The third-order valence-corrected chi connectivity index (χ3v) is 4.74. The number of rotatable bonds is 4. The molecule has 1 atom stereocenters. The molecule has 0 unspecified atom stereocenters. The first-order chi connectivity index (χ1) is 11.4. The summed E-state index contributed by atoms with van der Waals surface area (Å²) in [4.78, 5) is 11.8. The predicted molar refractivity (Wildman–Crippen MR) is 98.9 cm³/mol. The number of halogens is 2. The van der Waals surface area contributed by atoms with Crippen LogP contribution in [0, 0.1) is 6.92 Å². The van der Waals surface area contributed by atoms with Crippen molar-refractivity contribution >= 4 is 34.2 Å². The third-order valence-electron chi connectivity index (χ3n) is 4.08. The second kappa shape index (κ2) is 6.98. The van der Waals surface area contributed by atoms with Crippen LogP contribution in [0.5, 0.6) is 0 Å². The summed E-state index contributed by atoms with van der Waals surface area (Å²) in [5.41, 5.74) is 3.07. The number of hydrogen-bond acceptors (Lipinski definition) is 3. The maximum absolute atomic E-state index is 11.8. The summed E-state index contributed by atoms with van der Waals surface area (Å²) in [7, 11) is 0. The number of nitrogens with one attached hydrogen (secondary N) is 1. The molecule has 1 N–H and O–H groups in total. The molecule has 2 aromatic carbocycles. The third kappa shape index (κ3) is 3.64. The molecule has 3 aromatic rings. The van der Waals surface area contributed by atoms with Crippen molar-refractivity contribution in [1.29, 1.82) is 0 Å². The van der Waals surface area contributed by atoms with Gasteiger partial charge in [-0.05, 0) is 54.8 Å². The van der Waals surface area contributed by atoms with E-state index < -0.39 is 0 Å². The molecule has 124 valence electrons. The van der Waals surface area contributed by atoms with Gasteiger partial charge in [0.1, 0.15) is 5.58 Å². The molecule has 0 radical (unpaired) electrons. The summed E-state index contributed by atoms with van der Waals surface area (Å²) in [6.45, 7) is 4.48. The van der Waals surface area contributed by atoms with Gasteiger partial charge in [0.15, 0.2) is 0 Å². The number of benzene rings is 2. The lowest BCUT2D eigenvalue weighted by Crippen LogP contribution is -2.19. The predicted octanol–water partition coefficient (Wildman–Crippen LogP) is 5.26. The van der Waals surface area contributed by atoms with Crippen LogP contribution in [0.1, 0.15) is 29.7 Å². The lowest BCUT2D eigenvalue weighted by molar-refractivity contribution is 0.547. The molecule has 5 heteroatoms. The molecule has 3 rings (SSSR count). The summed E-state index contributed by atoms with van der Waals surface area (Å²) in [5.74, 6) is 0. The average Bonchev–Trinajstić information content (AvgIpc) is 2.54. The van der Waals surface area contributed by atoms with Gasteiger partial charge in [-0.1, -0.05) is 35.3 Å². The number of hydrogen-bond donors (Lipinski definition) is 1. The Morgan fingerprint density at radius 1 is 1.12 bits per heavy atom. The standard InChI is InChI=1S/C19H17Cl2NO2/c1-11-7-18-16(9-17(11)21)14(8-19(23)24-18)10-22-12(2)13-3-5-15(20)6-4-13/h3-9,12,22H,10H2,1-2H3/t12-/m1/s1. The summed E-state index contributed by atoms with van der Waals surface area (Å²) < 4.78 is 5.29. The summed E-state index contributed by atoms with van der Waals surface area (Å²) in [6, 6.07) is 13.0. The Bertz CT molecular complexity index is 932. The molecule has 0 aliphatic heterocycles. The Morgan fingerprint density at radius 3 is 2.54 bits per heavy atom. The van der Waals surface area contributed by atoms with Crippen molar-refractivity contribution in [2.24, 2.45) is 0 Å². The highest BCUT2D eigenvalue weighted by Gasteiger charge is 2.10. The topological polar surface area (TPSA) is 42.2 Å². The van der Waals surface area contributed by atoms with Crippen molar-refractivity contribution in [2.45, 2.75) is 26.4 Å². The minimum absolute atomic E-state index is 0.116. The Morgan fingerprint density at radius 2 is 1.83 bits per heavy atom. The van der Waals surface area contributed by atoms with Gasteiger partial charge in [0.25, 0.3) is 0 Å². The van der Waals surface area contributed by atoms with E-state index in [4.69, 9.17) is 27.6 Å². The van der Waals surface area contributed by atoms with Gasteiger partial charge in [-0.3, -0.25) is 0 Å². The quantitative estimate of drug-likeness (QED) is 0.644. The smallest absolute Gasteiger partial charge is 0.336 e. The molecule has 0 bridgehead atoms. The van der Waals surface area contributed by atoms with Crippen LogP contribution in [0.2, 0.25) is 10.0 Å². The molecule has 0 aliphatic carbocycles. The number of aryl methyl sites for hydroxylation is 1. The van der Waals surface area contributed by atoms with Gasteiger partial charge in [-0.2, -0.15) is 0 Å². The fourth-order valence-electron chi connectivity index (χ4n) is 2.63. The van der Waals surface area contributed by atoms with E-state index in [1.165, 1.54) is 6.07 Å². The van der Waals surface area contributed by atoms with Gasteiger partial charge >= 0.3 is 5.63 Å². The van der Waals surface area contributed by atoms with E-state index in [2.05, 4.69) is 12.2 Å². The molecule has 0 spiro atoms. The Balaban J connectivity index is 1.88. The van der Waals surface area contributed by atoms with Crippen LogP contribution in [0.25, 0.3) is 11.0 Å². The van der Waals surface area contributed by atoms with E-state index >= 15 is 0 Å². The van der Waals surface area contributed by atoms with E-state index in [1.54, 1.807) is 6.07 Å². The zero-order valence-electron chi connectivity index (χ0n) is 13.4. The highest BCUT2D eigenvalue weighted by Crippen LogP contribution is 2.25. The Kier molecular flexibility index (Phi) is 4.95. The summed E-state index contributed by atoms with van der Waals surface area (Å²) in [5, 5.41) is 5.64. The Labute approximate surface area is 150 Å². The van der Waals surface area contributed by atoms with Gasteiger partial charge < -0.3 is 9.73 Å². The van der Waals surface area contributed by atoms with E-state index in [1.807, 2.05) is 37.3 Å². The van der Waals surface area contributed by atoms with E-state index in [-0.39, 0.29) is 11.7 Å². The maximum atomic E-state index is 11.8. The molecule has 3 nitrogen and oxygen atoms in total. The van der Waals surface area contributed by atoms with Gasteiger partial charge in [-0.15, -0.1) is 0 Å². The van der Waals surface area contributed by atoms with E-state index in [0.717, 1.165) is 22.1 Å². The maximum Gasteiger partial charge on any atom is 0.336 e. The second-order valence-electron chi connectivity index (χ2n) is 5.84. The molecule has 0 amide bonds. The second-order valence-corrected chi connectivity index (χ2v) is 6.69. The molecule has 1 heterocycles. The SMILES string of the molecule is Cc1cc2oc(=O)cc(CN[C@H](C)c3ccc(Cl)cc3)c2cc1Cl. The van der Waals surface area contributed by atoms with Crippen LogP contribution in [-0.4, -0.2) is 0 Å². The fourth-order valence-corrected chi connectivity index (χ4v) is 2.92. The van der Waals surface area contributed by atoms with Crippen molar-refractivity contribution in [3.05, 3.63) is 79.6 Å². The van der Waals surface area contributed by atoms with Crippen LogP contribution in [-0.2, 0) is 6.54 Å². The van der Waals surface area contributed by atoms with Crippen LogP contribution < -0.4 is 10.9 Å². The van der Waals surface area contributed by atoms with E-state index in [9.17, 15) is 4.79 Å². The van der Waals surface area contributed by atoms with Crippen molar-refractivity contribution < 1.29 is 4.42 Å². The van der Waals surface area contributed by atoms with Gasteiger partial charge in [0, 0.05) is 34.1 Å². The molecule has 0 saturated carbocycles. The van der Waals surface area contributed by atoms with Gasteiger partial charge in [0.05, 0.1) is 0 Å². The minimum atomic E-state index is -0.361. The van der Waals surface area contributed by atoms with Crippen molar-refractivity contribution in [1.82, 2.24) is 5.32 Å². The largest absolute Gasteiger partial charge is 0.423 e. The first-order valence-electron chi connectivity index (χ1n) is 7.66. The van der Waals surface area contributed by atoms with Gasteiger partial charge in [-0.25, -0.2) is 4.79 Å². The minimum Gasteiger partial charge on any atom is -0.423 e. The zero-order valence-corrected chi connectivity index (χ0v) is 14.9. The Hall–Kier alpha value is -1.81. The molecule has 24 heavy (non-hydrogen) atoms. The molecule has 0 fully saturated rings. The van der Waals surface area contributed by atoms with Crippen LogP contribution >= 0.6 is 23.2 Å². The summed E-state index contributed by atoms with van der Waals surface area (Å²) >= 11 is 12.1. The first-order valence-corrected chi connectivity index (χ1v) is 8.41. The normalized spacial score (nSPS) is 12.5. The van der Waals surface area contributed by atoms with Gasteiger partial charge in [0.2, 0.25) is 0 Å². The monoisotopic (exact) mass is 361 g/mol. The van der Waals surface area contributed by atoms with Crippen LogP contribution in [0.4, 0.5) is 0 Å². The van der Waals surface area contributed by atoms with Crippen LogP contribution in [0.15, 0.2) is 51.7 Å². The summed E-state index contributed by atoms with van der Waals surface area (Å²) in [6.07, 6.45) is 0. The first kappa shape index (κ1) is 17.0. The molecular weight excluding hydrogens is 345 g/mol. The van der Waals surface area contributed by atoms with Crippen molar-refractivity contribution in [3.63, 3.8) is 0 Å². The molecular formula is C19H17Cl2NO2. The van der Waals surface area contributed by atoms with Crippen molar-refractivity contribution in [3.8, 4) is 0 Å². The highest BCUT2D eigenvalue weighted by atomic mass is 35.5. The molecule has 1 aromatic heterocycles.